The second kappa shape index (κ2) is 11.6. The van der Waals surface area contributed by atoms with E-state index in [2.05, 4.69) is 15.5 Å². The highest BCUT2D eigenvalue weighted by atomic mass is 35.5. The number of nitriles is 1. The summed E-state index contributed by atoms with van der Waals surface area (Å²) < 4.78 is 25.3. The summed E-state index contributed by atoms with van der Waals surface area (Å²) in [6, 6.07) is 11.3. The highest BCUT2D eigenvalue weighted by Crippen LogP contribution is 2.38. The Morgan fingerprint density at radius 1 is 1.29 bits per heavy atom. The summed E-state index contributed by atoms with van der Waals surface area (Å²) in [7, 11) is 0. The Bertz CT molecular complexity index is 1250. The molecule has 3 rings (SSSR count). The molecule has 3 aromatic rings. The van der Waals surface area contributed by atoms with E-state index in [4.69, 9.17) is 21.1 Å². The van der Waals surface area contributed by atoms with Gasteiger partial charge in [-0.25, -0.2) is 4.39 Å². The van der Waals surface area contributed by atoms with Crippen molar-refractivity contribution in [1.82, 2.24) is 10.2 Å². The molecule has 0 fully saturated rings. The van der Waals surface area contributed by atoms with Crippen molar-refractivity contribution in [3.63, 3.8) is 0 Å². The van der Waals surface area contributed by atoms with Gasteiger partial charge < -0.3 is 9.47 Å². The maximum absolute atomic E-state index is 13.9. The Morgan fingerprint density at radius 2 is 2.06 bits per heavy atom. The van der Waals surface area contributed by atoms with E-state index in [0.29, 0.717) is 28.6 Å². The van der Waals surface area contributed by atoms with Crippen LogP contribution in [-0.4, -0.2) is 22.7 Å². The number of anilines is 1. The fourth-order valence-electron chi connectivity index (χ4n) is 2.84. The van der Waals surface area contributed by atoms with E-state index in [1.807, 2.05) is 19.9 Å². The second-order valence-electron chi connectivity index (χ2n) is 7.37. The van der Waals surface area contributed by atoms with Crippen molar-refractivity contribution in [3.05, 3.63) is 68.9 Å². The van der Waals surface area contributed by atoms with Crippen LogP contribution >= 0.6 is 22.9 Å². The summed E-state index contributed by atoms with van der Waals surface area (Å²) in [5, 5.41) is 21.3. The number of nitrogens with zero attached hydrogens (tertiary/aromatic N) is 3. The molecule has 1 aromatic heterocycles. The van der Waals surface area contributed by atoms with Crippen LogP contribution in [0.25, 0.3) is 6.08 Å². The van der Waals surface area contributed by atoms with Crippen LogP contribution in [0.15, 0.2) is 42.0 Å². The van der Waals surface area contributed by atoms with E-state index >= 15 is 0 Å². The summed E-state index contributed by atoms with van der Waals surface area (Å²) in [5.74, 6) is -0.296. The third-order valence-electron chi connectivity index (χ3n) is 4.49. The predicted molar refractivity (Wildman–Crippen MR) is 130 cm³/mol. The van der Waals surface area contributed by atoms with Gasteiger partial charge in [0.25, 0.3) is 5.91 Å². The van der Waals surface area contributed by atoms with Gasteiger partial charge in [-0.3, -0.25) is 10.1 Å². The molecule has 0 atom stereocenters. The number of carbonyl (C=O) groups excluding carboxylic acids is 1. The standard InChI is InChI=1S/C24H22ClFN4O3S/c1-4-32-20-11-15(10-18(25)21(20)33-13-16-7-5-6-8-19(16)26)9-17(12-27)22(31)28-24-30-29-23(34-24)14(2)3/h5-11,14H,4,13H2,1-3H3,(H,28,30,31)/b17-9-. The van der Waals surface area contributed by atoms with E-state index < -0.39 is 11.7 Å². The molecule has 0 saturated heterocycles. The monoisotopic (exact) mass is 500 g/mol. The third-order valence-corrected chi connectivity index (χ3v) is 5.91. The normalized spacial score (nSPS) is 11.3. The van der Waals surface area contributed by atoms with Crippen LogP contribution < -0.4 is 14.8 Å². The molecule has 34 heavy (non-hydrogen) atoms. The maximum atomic E-state index is 13.9. The quantitative estimate of drug-likeness (QED) is 0.287. The number of amides is 1. The van der Waals surface area contributed by atoms with Gasteiger partial charge in [-0.05, 0) is 36.8 Å². The molecule has 1 amide bonds. The Balaban J connectivity index is 1.83. The average Bonchev–Trinajstić information content (AvgIpc) is 3.27. The summed E-state index contributed by atoms with van der Waals surface area (Å²) in [6.45, 7) is 6.00. The fraction of sp³-hybridized carbons (Fsp3) is 0.250. The molecule has 0 unspecified atom stereocenters. The third kappa shape index (κ3) is 6.31. The molecule has 0 aliphatic carbocycles. The first-order chi connectivity index (χ1) is 16.3. The zero-order chi connectivity index (χ0) is 24.7. The molecular weight excluding hydrogens is 479 g/mol. The number of rotatable bonds is 9. The van der Waals surface area contributed by atoms with E-state index in [9.17, 15) is 14.4 Å². The van der Waals surface area contributed by atoms with Gasteiger partial charge in [0, 0.05) is 11.5 Å². The molecule has 0 spiro atoms. The van der Waals surface area contributed by atoms with Crippen molar-refractivity contribution in [1.29, 1.82) is 5.26 Å². The van der Waals surface area contributed by atoms with Gasteiger partial charge in [-0.15, -0.1) is 10.2 Å². The van der Waals surface area contributed by atoms with E-state index in [1.165, 1.54) is 29.5 Å². The molecule has 2 aromatic carbocycles. The Kier molecular flexibility index (Phi) is 8.57. The SMILES string of the molecule is CCOc1cc(/C=C(/C#N)C(=O)Nc2nnc(C(C)C)s2)cc(Cl)c1OCc1ccccc1F. The van der Waals surface area contributed by atoms with Crippen LogP contribution in [0.3, 0.4) is 0 Å². The highest BCUT2D eigenvalue weighted by molar-refractivity contribution is 7.15. The van der Waals surface area contributed by atoms with Crippen LogP contribution in [0.2, 0.25) is 5.02 Å². The highest BCUT2D eigenvalue weighted by Gasteiger charge is 2.17. The van der Waals surface area contributed by atoms with Gasteiger partial charge in [-0.2, -0.15) is 5.26 Å². The molecule has 7 nitrogen and oxygen atoms in total. The first kappa shape index (κ1) is 25.1. The molecule has 176 valence electrons. The zero-order valence-corrected chi connectivity index (χ0v) is 20.3. The number of ether oxygens (including phenoxy) is 2. The van der Waals surface area contributed by atoms with Gasteiger partial charge >= 0.3 is 0 Å². The van der Waals surface area contributed by atoms with E-state index in [0.717, 1.165) is 5.01 Å². The predicted octanol–water partition coefficient (Wildman–Crippen LogP) is 5.98. The van der Waals surface area contributed by atoms with Crippen LogP contribution in [0.1, 0.15) is 42.8 Å². The van der Waals surface area contributed by atoms with Gasteiger partial charge in [0.1, 0.15) is 29.1 Å². The minimum atomic E-state index is -0.622. The van der Waals surface area contributed by atoms with Crippen molar-refractivity contribution in [3.8, 4) is 17.6 Å². The van der Waals surface area contributed by atoms with Gasteiger partial charge in [-0.1, -0.05) is 55.0 Å². The molecule has 0 aliphatic heterocycles. The van der Waals surface area contributed by atoms with Crippen LogP contribution in [-0.2, 0) is 11.4 Å². The summed E-state index contributed by atoms with van der Waals surface area (Å²) >= 11 is 7.66. The number of halogens is 2. The van der Waals surface area contributed by atoms with Gasteiger partial charge in [0.2, 0.25) is 5.13 Å². The second-order valence-corrected chi connectivity index (χ2v) is 8.78. The fourth-order valence-corrected chi connectivity index (χ4v) is 3.85. The summed E-state index contributed by atoms with van der Waals surface area (Å²) in [4.78, 5) is 12.6. The molecule has 0 aliphatic rings. The number of aromatic nitrogens is 2. The van der Waals surface area contributed by atoms with Crippen LogP contribution in [0.5, 0.6) is 11.5 Å². The number of nitrogens with one attached hydrogen (secondary N) is 1. The maximum Gasteiger partial charge on any atom is 0.268 e. The zero-order valence-electron chi connectivity index (χ0n) is 18.8. The molecule has 0 radical (unpaired) electrons. The van der Waals surface area contributed by atoms with Gasteiger partial charge in [0.15, 0.2) is 11.5 Å². The Labute approximate surface area is 205 Å². The average molecular weight is 501 g/mol. The minimum Gasteiger partial charge on any atom is -0.490 e. The lowest BCUT2D eigenvalue weighted by atomic mass is 10.1. The molecule has 0 bridgehead atoms. The first-order valence-corrected chi connectivity index (χ1v) is 11.6. The number of carbonyl (C=O) groups is 1. The largest absolute Gasteiger partial charge is 0.490 e. The minimum absolute atomic E-state index is 0.0479. The lowest BCUT2D eigenvalue weighted by Gasteiger charge is -2.15. The lowest BCUT2D eigenvalue weighted by molar-refractivity contribution is -0.112. The topological polar surface area (TPSA) is 97.1 Å². The van der Waals surface area contributed by atoms with Crippen molar-refractivity contribution < 1.29 is 18.7 Å². The van der Waals surface area contributed by atoms with Gasteiger partial charge in [0.05, 0.1) is 11.6 Å². The number of hydrogen-bond acceptors (Lipinski definition) is 7. The van der Waals surface area contributed by atoms with E-state index in [1.54, 1.807) is 31.2 Å². The van der Waals surface area contributed by atoms with Crippen molar-refractivity contribution >= 4 is 40.1 Å². The number of benzene rings is 2. The van der Waals surface area contributed by atoms with Crippen molar-refractivity contribution in [2.24, 2.45) is 0 Å². The molecule has 0 saturated carbocycles. The Morgan fingerprint density at radius 3 is 2.71 bits per heavy atom. The van der Waals surface area contributed by atoms with Crippen molar-refractivity contribution in [2.75, 3.05) is 11.9 Å². The lowest BCUT2D eigenvalue weighted by Crippen LogP contribution is -2.13. The molecule has 1 heterocycles. The van der Waals surface area contributed by atoms with Crippen LogP contribution in [0, 0.1) is 17.1 Å². The smallest absolute Gasteiger partial charge is 0.268 e. The summed E-state index contributed by atoms with van der Waals surface area (Å²) in [6.07, 6.45) is 1.38. The van der Waals surface area contributed by atoms with Crippen molar-refractivity contribution in [2.45, 2.75) is 33.3 Å². The molecule has 1 N–H and O–H groups in total. The summed E-state index contributed by atoms with van der Waals surface area (Å²) in [5.41, 5.74) is 0.670. The van der Waals surface area contributed by atoms with E-state index in [-0.39, 0.29) is 28.9 Å². The molecular formula is C24H22ClFN4O3S. The van der Waals surface area contributed by atoms with Crippen LogP contribution in [0.4, 0.5) is 9.52 Å². The first-order valence-electron chi connectivity index (χ1n) is 10.4. The number of hydrogen-bond donors (Lipinski definition) is 1. The Hall–Kier alpha value is -3.48. The molecule has 10 heteroatoms.